The van der Waals surface area contributed by atoms with E-state index in [0.29, 0.717) is 0 Å². The van der Waals surface area contributed by atoms with Gasteiger partial charge in [-0.2, -0.15) is 0 Å². The first-order chi connectivity index (χ1) is 9.48. The van der Waals surface area contributed by atoms with Gasteiger partial charge in [0.2, 0.25) is 0 Å². The van der Waals surface area contributed by atoms with Crippen LogP contribution in [0.3, 0.4) is 0 Å². The number of unbranched alkanes of at least 4 members (excludes halogenated alkanes) is 9. The van der Waals surface area contributed by atoms with Gasteiger partial charge in [0.15, 0.2) is 0 Å². The second-order valence-corrected chi connectivity index (χ2v) is 6.94. The molecule has 2 nitrogen and oxygen atoms in total. The second kappa shape index (κ2) is 12.2. The van der Waals surface area contributed by atoms with Crippen molar-refractivity contribution in [1.82, 2.24) is 0 Å². The Morgan fingerprint density at radius 1 is 0.800 bits per heavy atom. The lowest BCUT2D eigenvalue weighted by molar-refractivity contribution is 0.136. The summed E-state index contributed by atoms with van der Waals surface area (Å²) in [4.78, 5) is 5.38. The molecule has 0 N–H and O–H groups in total. The Bertz CT molecular complexity index is 240. The quantitative estimate of drug-likeness (QED) is 0.232. The molecule has 0 bridgehead atoms. The van der Waals surface area contributed by atoms with Crippen LogP contribution < -0.4 is 0 Å². The smallest absolute Gasteiger partial charge is 0.117 e. The number of oxime groups is 1. The third-order valence-electron chi connectivity index (χ3n) is 3.88. The van der Waals surface area contributed by atoms with Crippen molar-refractivity contribution in [2.24, 2.45) is 10.6 Å². The zero-order chi connectivity index (χ0) is 15.3. The Kier molecular flexibility index (Phi) is 11.9. The number of hydrogen-bond acceptors (Lipinski definition) is 2. The Morgan fingerprint density at radius 2 is 1.25 bits per heavy atom. The standard InChI is InChI=1S/C18H37NO/c1-6-7-8-9-10-11-12-13-14-15-16-20-19-17(2)18(3,4)5/h6-16H2,1-5H3/b19-17+. The van der Waals surface area contributed by atoms with Crippen molar-refractivity contribution in [3.05, 3.63) is 0 Å². The van der Waals surface area contributed by atoms with Crippen LogP contribution in [0.1, 0.15) is 98.8 Å². The molecule has 0 radical (unpaired) electrons. The fourth-order valence-electron chi connectivity index (χ4n) is 1.93. The molecular formula is C18H37NO. The predicted molar refractivity (Wildman–Crippen MR) is 90.4 cm³/mol. The van der Waals surface area contributed by atoms with Crippen LogP contribution in [0.5, 0.6) is 0 Å². The second-order valence-electron chi connectivity index (χ2n) is 6.94. The minimum Gasteiger partial charge on any atom is -0.396 e. The molecule has 120 valence electrons. The summed E-state index contributed by atoms with van der Waals surface area (Å²) in [6.45, 7) is 11.6. The van der Waals surface area contributed by atoms with Gasteiger partial charge in [-0.05, 0) is 19.8 Å². The highest BCUT2D eigenvalue weighted by molar-refractivity contribution is 5.86. The average Bonchev–Trinajstić information content (AvgIpc) is 2.38. The van der Waals surface area contributed by atoms with Crippen LogP contribution in [-0.4, -0.2) is 12.3 Å². The molecule has 0 amide bonds. The van der Waals surface area contributed by atoms with Gasteiger partial charge in [0.05, 0.1) is 5.71 Å². The van der Waals surface area contributed by atoms with Crippen LogP contribution in [0.2, 0.25) is 0 Å². The molecule has 0 saturated carbocycles. The summed E-state index contributed by atoms with van der Waals surface area (Å²) in [6.07, 6.45) is 13.6. The number of nitrogens with zero attached hydrogens (tertiary/aromatic N) is 1. The molecule has 0 unspecified atom stereocenters. The van der Waals surface area contributed by atoms with Crippen LogP contribution in [0, 0.1) is 5.41 Å². The maximum absolute atomic E-state index is 5.38. The summed E-state index contributed by atoms with van der Waals surface area (Å²) < 4.78 is 0. The Balaban J connectivity index is 3.25. The molecule has 0 aromatic rings. The highest BCUT2D eigenvalue weighted by Gasteiger charge is 2.14. The molecule has 0 atom stereocenters. The van der Waals surface area contributed by atoms with Gasteiger partial charge >= 0.3 is 0 Å². The summed E-state index contributed by atoms with van der Waals surface area (Å²) in [6, 6.07) is 0. The van der Waals surface area contributed by atoms with E-state index in [4.69, 9.17) is 4.84 Å². The Morgan fingerprint density at radius 3 is 1.70 bits per heavy atom. The minimum atomic E-state index is 0.123. The van der Waals surface area contributed by atoms with E-state index < -0.39 is 0 Å². The lowest BCUT2D eigenvalue weighted by Gasteiger charge is -2.16. The molecule has 0 aromatic heterocycles. The molecule has 0 aromatic carbocycles. The molecule has 0 saturated heterocycles. The van der Waals surface area contributed by atoms with Crippen molar-refractivity contribution in [3.8, 4) is 0 Å². The van der Waals surface area contributed by atoms with Gasteiger partial charge in [-0.25, -0.2) is 0 Å². The normalized spacial score (nSPS) is 12.8. The van der Waals surface area contributed by atoms with E-state index >= 15 is 0 Å². The predicted octanol–water partition coefficient (Wildman–Crippen LogP) is 6.35. The first-order valence-corrected chi connectivity index (χ1v) is 8.65. The van der Waals surface area contributed by atoms with E-state index in [1.165, 1.54) is 57.8 Å². The van der Waals surface area contributed by atoms with E-state index in [2.05, 4.69) is 32.9 Å². The highest BCUT2D eigenvalue weighted by atomic mass is 16.6. The topological polar surface area (TPSA) is 21.6 Å². The molecular weight excluding hydrogens is 246 g/mol. The fourth-order valence-corrected chi connectivity index (χ4v) is 1.93. The maximum Gasteiger partial charge on any atom is 0.117 e. The molecule has 0 aliphatic heterocycles. The van der Waals surface area contributed by atoms with Gasteiger partial charge in [0.25, 0.3) is 0 Å². The molecule has 0 spiro atoms. The van der Waals surface area contributed by atoms with Crippen LogP contribution >= 0.6 is 0 Å². The van der Waals surface area contributed by atoms with Gasteiger partial charge in [-0.15, -0.1) is 0 Å². The van der Waals surface area contributed by atoms with Gasteiger partial charge < -0.3 is 4.84 Å². The summed E-state index contributed by atoms with van der Waals surface area (Å²) in [5, 5.41) is 4.19. The molecule has 0 aliphatic rings. The van der Waals surface area contributed by atoms with Crippen LogP contribution in [0.25, 0.3) is 0 Å². The van der Waals surface area contributed by atoms with Crippen molar-refractivity contribution in [3.63, 3.8) is 0 Å². The van der Waals surface area contributed by atoms with Crippen molar-refractivity contribution in [2.75, 3.05) is 6.61 Å². The SMILES string of the molecule is CCCCCCCCCCCCO/N=C(\C)C(C)(C)C. The van der Waals surface area contributed by atoms with Crippen molar-refractivity contribution in [2.45, 2.75) is 98.8 Å². The van der Waals surface area contributed by atoms with E-state index in [-0.39, 0.29) is 5.41 Å². The fraction of sp³-hybridized carbons (Fsp3) is 0.944. The van der Waals surface area contributed by atoms with Crippen LogP contribution in [-0.2, 0) is 4.84 Å². The Hall–Kier alpha value is -0.530. The van der Waals surface area contributed by atoms with Gasteiger partial charge in [0, 0.05) is 5.41 Å². The lowest BCUT2D eigenvalue weighted by atomic mass is 9.91. The van der Waals surface area contributed by atoms with E-state index in [9.17, 15) is 0 Å². The zero-order valence-corrected chi connectivity index (χ0v) is 14.6. The van der Waals surface area contributed by atoms with E-state index in [1.807, 2.05) is 6.92 Å². The minimum absolute atomic E-state index is 0.123. The van der Waals surface area contributed by atoms with E-state index in [1.54, 1.807) is 0 Å². The monoisotopic (exact) mass is 283 g/mol. The third kappa shape index (κ3) is 12.5. The molecule has 2 heteroatoms. The first kappa shape index (κ1) is 19.5. The van der Waals surface area contributed by atoms with Crippen molar-refractivity contribution < 1.29 is 4.84 Å². The van der Waals surface area contributed by atoms with Crippen molar-refractivity contribution >= 4 is 5.71 Å². The molecule has 0 heterocycles. The number of rotatable bonds is 12. The Labute approximate surface area is 127 Å². The van der Waals surface area contributed by atoms with Crippen LogP contribution in [0.4, 0.5) is 0 Å². The molecule has 0 rings (SSSR count). The van der Waals surface area contributed by atoms with Crippen molar-refractivity contribution in [1.29, 1.82) is 0 Å². The van der Waals surface area contributed by atoms with Gasteiger partial charge in [-0.1, -0.05) is 84.2 Å². The highest BCUT2D eigenvalue weighted by Crippen LogP contribution is 2.15. The van der Waals surface area contributed by atoms with E-state index in [0.717, 1.165) is 18.7 Å². The summed E-state index contributed by atoms with van der Waals surface area (Å²) >= 11 is 0. The lowest BCUT2D eigenvalue weighted by Crippen LogP contribution is -2.17. The maximum atomic E-state index is 5.38. The average molecular weight is 284 g/mol. The molecule has 0 aliphatic carbocycles. The largest absolute Gasteiger partial charge is 0.396 e. The zero-order valence-electron chi connectivity index (χ0n) is 14.6. The molecule has 20 heavy (non-hydrogen) atoms. The third-order valence-corrected chi connectivity index (χ3v) is 3.88. The summed E-state index contributed by atoms with van der Waals surface area (Å²) in [5.74, 6) is 0. The number of hydrogen-bond donors (Lipinski definition) is 0. The van der Waals surface area contributed by atoms with Crippen LogP contribution in [0.15, 0.2) is 5.16 Å². The molecule has 0 fully saturated rings. The van der Waals surface area contributed by atoms with Gasteiger partial charge in [0.1, 0.15) is 6.61 Å². The summed E-state index contributed by atoms with van der Waals surface area (Å²) in [5.41, 5.74) is 1.20. The summed E-state index contributed by atoms with van der Waals surface area (Å²) in [7, 11) is 0. The first-order valence-electron chi connectivity index (χ1n) is 8.65. The van der Waals surface area contributed by atoms with Gasteiger partial charge in [-0.3, -0.25) is 0 Å².